The van der Waals surface area contributed by atoms with Crippen molar-refractivity contribution in [1.82, 2.24) is 14.9 Å². The van der Waals surface area contributed by atoms with E-state index in [9.17, 15) is 8.42 Å². The topological polar surface area (TPSA) is 85.2 Å². The van der Waals surface area contributed by atoms with E-state index in [1.54, 1.807) is 12.1 Å². The third-order valence-electron chi connectivity index (χ3n) is 3.20. The van der Waals surface area contributed by atoms with Crippen LogP contribution in [-0.4, -0.2) is 52.6 Å². The monoisotopic (exact) mass is 294 g/mol. The molecule has 1 heterocycles. The molecule has 0 amide bonds. The lowest BCUT2D eigenvalue weighted by Gasteiger charge is -2.27. The quantitative estimate of drug-likeness (QED) is 0.781. The van der Waals surface area contributed by atoms with E-state index < -0.39 is 10.0 Å². The molecule has 108 valence electrons. The number of piperazine rings is 1. The lowest BCUT2D eigenvalue weighted by molar-refractivity contribution is 0.245. The van der Waals surface area contributed by atoms with Gasteiger partial charge in [-0.05, 0) is 18.2 Å². The molecule has 0 bridgehead atoms. The molecular formula is C13H18N4O2S. The molecule has 0 spiro atoms. The highest BCUT2D eigenvalue weighted by molar-refractivity contribution is 7.89. The van der Waals surface area contributed by atoms with Crippen LogP contribution in [0.25, 0.3) is 0 Å². The van der Waals surface area contributed by atoms with Crippen LogP contribution in [0, 0.1) is 11.3 Å². The van der Waals surface area contributed by atoms with Gasteiger partial charge in [-0.3, -0.25) is 4.90 Å². The highest BCUT2D eigenvalue weighted by Gasteiger charge is 2.15. The van der Waals surface area contributed by atoms with Crippen LogP contribution >= 0.6 is 0 Å². The summed E-state index contributed by atoms with van der Waals surface area (Å²) in [6, 6.07) is 7.97. The second kappa shape index (κ2) is 6.81. The Morgan fingerprint density at radius 1 is 1.35 bits per heavy atom. The van der Waals surface area contributed by atoms with Crippen molar-refractivity contribution in [2.75, 3.05) is 39.3 Å². The number of hydrogen-bond acceptors (Lipinski definition) is 5. The molecule has 7 heteroatoms. The molecule has 2 N–H and O–H groups in total. The maximum absolute atomic E-state index is 12.1. The fraction of sp³-hybridized carbons (Fsp3) is 0.462. The Morgan fingerprint density at radius 3 is 2.80 bits per heavy atom. The van der Waals surface area contributed by atoms with Gasteiger partial charge in [0.2, 0.25) is 10.0 Å². The van der Waals surface area contributed by atoms with Gasteiger partial charge in [-0.1, -0.05) is 6.07 Å². The van der Waals surface area contributed by atoms with Crippen molar-refractivity contribution in [3.05, 3.63) is 29.8 Å². The molecule has 0 aliphatic carbocycles. The van der Waals surface area contributed by atoms with Crippen LogP contribution in [0.3, 0.4) is 0 Å². The number of rotatable bonds is 5. The first-order valence-electron chi connectivity index (χ1n) is 6.55. The van der Waals surface area contributed by atoms with E-state index in [2.05, 4.69) is 14.9 Å². The standard InChI is InChI=1S/C13H18N4O2S/c14-11-12-2-1-3-13(10-12)20(18,19)16-6-9-17-7-4-15-5-8-17/h1-3,10,15-16H,4-9H2. The average molecular weight is 294 g/mol. The van der Waals surface area contributed by atoms with E-state index in [4.69, 9.17) is 5.26 Å². The molecule has 1 aliphatic rings. The molecule has 1 fully saturated rings. The minimum absolute atomic E-state index is 0.136. The first-order valence-corrected chi connectivity index (χ1v) is 8.03. The zero-order chi connectivity index (χ0) is 14.4. The molecule has 1 aromatic rings. The van der Waals surface area contributed by atoms with Crippen molar-refractivity contribution >= 4 is 10.0 Å². The number of benzene rings is 1. The van der Waals surface area contributed by atoms with Gasteiger partial charge in [0.25, 0.3) is 0 Å². The Bertz CT molecular complexity index is 589. The summed E-state index contributed by atoms with van der Waals surface area (Å²) in [6.45, 7) is 4.82. The number of nitriles is 1. The van der Waals surface area contributed by atoms with Crippen molar-refractivity contribution in [2.45, 2.75) is 4.90 Å². The van der Waals surface area contributed by atoms with Crippen LogP contribution < -0.4 is 10.0 Å². The molecule has 0 radical (unpaired) electrons. The normalized spacial score (nSPS) is 16.8. The molecule has 1 saturated heterocycles. The molecule has 0 aromatic heterocycles. The first-order chi connectivity index (χ1) is 9.62. The van der Waals surface area contributed by atoms with Crippen LogP contribution in [0.15, 0.2) is 29.2 Å². The van der Waals surface area contributed by atoms with Crippen molar-refractivity contribution in [1.29, 1.82) is 5.26 Å². The second-order valence-electron chi connectivity index (χ2n) is 4.63. The zero-order valence-electron chi connectivity index (χ0n) is 11.2. The van der Waals surface area contributed by atoms with Gasteiger partial charge in [0.1, 0.15) is 0 Å². The molecule has 0 unspecified atom stereocenters. The van der Waals surface area contributed by atoms with Gasteiger partial charge in [-0.25, -0.2) is 13.1 Å². The summed E-state index contributed by atoms with van der Waals surface area (Å²) >= 11 is 0. The smallest absolute Gasteiger partial charge is 0.240 e. The summed E-state index contributed by atoms with van der Waals surface area (Å²) in [4.78, 5) is 2.35. The lowest BCUT2D eigenvalue weighted by atomic mass is 10.2. The van der Waals surface area contributed by atoms with Gasteiger partial charge in [0.15, 0.2) is 0 Å². The van der Waals surface area contributed by atoms with Gasteiger partial charge in [-0.2, -0.15) is 5.26 Å². The van der Waals surface area contributed by atoms with E-state index in [-0.39, 0.29) is 4.90 Å². The Balaban J connectivity index is 1.91. The van der Waals surface area contributed by atoms with E-state index in [0.29, 0.717) is 18.7 Å². The zero-order valence-corrected chi connectivity index (χ0v) is 12.0. The second-order valence-corrected chi connectivity index (χ2v) is 6.40. The predicted molar refractivity (Wildman–Crippen MR) is 75.7 cm³/mol. The van der Waals surface area contributed by atoms with E-state index in [0.717, 1.165) is 26.2 Å². The Kier molecular flexibility index (Phi) is 5.09. The summed E-state index contributed by atoms with van der Waals surface area (Å²) in [5.74, 6) is 0. The van der Waals surface area contributed by atoms with Gasteiger partial charge in [0, 0.05) is 39.3 Å². The molecule has 1 aromatic carbocycles. The Labute approximate surface area is 119 Å². The Hall–Kier alpha value is -1.46. The molecule has 6 nitrogen and oxygen atoms in total. The molecule has 20 heavy (non-hydrogen) atoms. The van der Waals surface area contributed by atoms with Crippen LogP contribution in [0.2, 0.25) is 0 Å². The lowest BCUT2D eigenvalue weighted by Crippen LogP contribution is -2.46. The SMILES string of the molecule is N#Cc1cccc(S(=O)(=O)NCCN2CCNCC2)c1. The van der Waals surface area contributed by atoms with E-state index in [1.165, 1.54) is 12.1 Å². The first kappa shape index (κ1) is 14.9. The highest BCUT2D eigenvalue weighted by Crippen LogP contribution is 2.10. The average Bonchev–Trinajstić information content (AvgIpc) is 2.48. The van der Waals surface area contributed by atoms with Gasteiger partial charge >= 0.3 is 0 Å². The van der Waals surface area contributed by atoms with Crippen molar-refractivity contribution in [2.24, 2.45) is 0 Å². The van der Waals surface area contributed by atoms with Crippen molar-refractivity contribution in [3.63, 3.8) is 0 Å². The molecule has 0 saturated carbocycles. The highest BCUT2D eigenvalue weighted by atomic mass is 32.2. The minimum atomic E-state index is -3.54. The number of hydrogen-bond donors (Lipinski definition) is 2. The molecular weight excluding hydrogens is 276 g/mol. The number of nitrogens with one attached hydrogen (secondary N) is 2. The van der Waals surface area contributed by atoms with Gasteiger partial charge in [0.05, 0.1) is 16.5 Å². The van der Waals surface area contributed by atoms with Crippen LogP contribution in [0.1, 0.15) is 5.56 Å². The Morgan fingerprint density at radius 2 is 2.10 bits per heavy atom. The summed E-state index contributed by atoms with van der Waals surface area (Å²) in [6.07, 6.45) is 0. The van der Waals surface area contributed by atoms with Crippen LogP contribution in [-0.2, 0) is 10.0 Å². The largest absolute Gasteiger partial charge is 0.314 e. The number of nitrogens with zero attached hydrogens (tertiary/aromatic N) is 2. The molecule has 0 atom stereocenters. The van der Waals surface area contributed by atoms with E-state index in [1.807, 2.05) is 6.07 Å². The van der Waals surface area contributed by atoms with Gasteiger partial charge in [-0.15, -0.1) is 0 Å². The van der Waals surface area contributed by atoms with E-state index >= 15 is 0 Å². The maximum Gasteiger partial charge on any atom is 0.240 e. The summed E-state index contributed by atoms with van der Waals surface area (Å²) < 4.78 is 26.8. The van der Waals surface area contributed by atoms with Gasteiger partial charge < -0.3 is 5.32 Å². The van der Waals surface area contributed by atoms with Crippen LogP contribution in [0.4, 0.5) is 0 Å². The molecule has 1 aliphatic heterocycles. The van der Waals surface area contributed by atoms with Crippen molar-refractivity contribution in [3.8, 4) is 6.07 Å². The number of sulfonamides is 1. The predicted octanol–water partition coefficient (Wildman–Crippen LogP) is -0.258. The fourth-order valence-corrected chi connectivity index (χ4v) is 3.16. The summed E-state index contributed by atoms with van der Waals surface area (Å²) in [5.41, 5.74) is 0.343. The van der Waals surface area contributed by atoms with Crippen LogP contribution in [0.5, 0.6) is 0 Å². The summed E-state index contributed by atoms with van der Waals surface area (Å²) in [7, 11) is -3.54. The van der Waals surface area contributed by atoms with Crippen molar-refractivity contribution < 1.29 is 8.42 Å². The summed E-state index contributed by atoms with van der Waals surface area (Å²) in [5, 5.41) is 12.0. The molecule has 2 rings (SSSR count). The maximum atomic E-state index is 12.1. The third kappa shape index (κ3) is 4.02. The minimum Gasteiger partial charge on any atom is -0.314 e. The third-order valence-corrected chi connectivity index (χ3v) is 4.66. The fourth-order valence-electron chi connectivity index (χ4n) is 2.09.